The minimum Gasteiger partial charge on any atom is -0.489 e. The number of hydrogen-bond acceptors (Lipinski definition) is 6. The summed E-state index contributed by atoms with van der Waals surface area (Å²) in [6.45, 7) is -0.407. The van der Waals surface area contributed by atoms with E-state index in [-0.39, 0.29) is 17.0 Å². The van der Waals surface area contributed by atoms with Gasteiger partial charge in [-0.3, -0.25) is 4.79 Å². The maximum Gasteiger partial charge on any atom is 0.427 e. The normalized spacial score (nSPS) is 11.5. The second kappa shape index (κ2) is 11.6. The van der Waals surface area contributed by atoms with Crippen LogP contribution in [-0.2, 0) is 22.3 Å². The molecule has 10 heteroatoms. The first-order valence-electron chi connectivity index (χ1n) is 11.1. The molecule has 0 amide bonds. The van der Waals surface area contributed by atoms with Crippen LogP contribution >= 0.6 is 23.1 Å². The number of benzene rings is 3. The SMILES string of the molecule is COC(=O)/C=C/c1ccc(OCc2c(-c3ccc(Cl)cc3)nsc2C(F)(F)F)cc1-c1ccccc1C=O. The fraction of sp³-hybridized carbons (Fsp3) is 0.107. The topological polar surface area (TPSA) is 65.5 Å². The van der Waals surface area contributed by atoms with Crippen LogP contribution in [0.2, 0.25) is 5.02 Å². The van der Waals surface area contributed by atoms with E-state index in [9.17, 15) is 22.8 Å². The number of halogens is 4. The number of esters is 1. The summed E-state index contributed by atoms with van der Waals surface area (Å²) in [6.07, 6.45) is -1.16. The highest BCUT2D eigenvalue weighted by molar-refractivity contribution is 7.06. The Bertz CT molecular complexity index is 1500. The van der Waals surface area contributed by atoms with Crippen molar-refractivity contribution in [3.63, 3.8) is 0 Å². The highest BCUT2D eigenvalue weighted by atomic mass is 35.5. The van der Waals surface area contributed by atoms with Gasteiger partial charge in [-0.2, -0.15) is 17.5 Å². The van der Waals surface area contributed by atoms with E-state index < -0.39 is 23.6 Å². The van der Waals surface area contributed by atoms with Crippen LogP contribution in [0.3, 0.4) is 0 Å². The molecule has 0 aliphatic rings. The van der Waals surface area contributed by atoms with Crippen molar-refractivity contribution in [1.29, 1.82) is 0 Å². The second-order valence-corrected chi connectivity index (χ2v) is 9.15. The molecule has 38 heavy (non-hydrogen) atoms. The molecule has 0 N–H and O–H groups in total. The fourth-order valence-corrected chi connectivity index (χ4v) is 4.62. The molecule has 0 saturated carbocycles. The highest BCUT2D eigenvalue weighted by Crippen LogP contribution is 2.40. The zero-order chi connectivity index (χ0) is 27.3. The van der Waals surface area contributed by atoms with Crippen molar-refractivity contribution in [2.75, 3.05) is 7.11 Å². The van der Waals surface area contributed by atoms with E-state index in [2.05, 4.69) is 9.11 Å². The smallest absolute Gasteiger partial charge is 0.427 e. The molecule has 0 fully saturated rings. The standard InChI is InChI=1S/C28H19ClF3NO4S/c1-36-25(35)13-9-17-8-12-21(14-23(17)22-5-3-2-4-19(22)15-34)37-16-24-26(18-6-10-20(29)11-7-18)33-38-27(24)28(30,31)32/h2-15H,16H2,1H3/b13-9+. The zero-order valence-electron chi connectivity index (χ0n) is 19.8. The average Bonchev–Trinajstić information content (AvgIpc) is 3.35. The number of nitrogens with zero attached hydrogens (tertiary/aromatic N) is 1. The Hall–Kier alpha value is -3.95. The molecule has 0 spiro atoms. The number of carbonyl (C=O) groups excluding carboxylic acids is 2. The Labute approximate surface area is 225 Å². The van der Waals surface area contributed by atoms with Crippen molar-refractivity contribution in [3.8, 4) is 28.1 Å². The van der Waals surface area contributed by atoms with Crippen LogP contribution in [0.5, 0.6) is 5.75 Å². The lowest BCUT2D eigenvalue weighted by Crippen LogP contribution is -2.08. The van der Waals surface area contributed by atoms with Crippen LogP contribution in [0.15, 0.2) is 72.8 Å². The Morgan fingerprint density at radius 2 is 1.76 bits per heavy atom. The number of rotatable bonds is 8. The fourth-order valence-electron chi connectivity index (χ4n) is 3.73. The molecule has 1 heterocycles. The van der Waals surface area contributed by atoms with E-state index in [4.69, 9.17) is 16.3 Å². The Morgan fingerprint density at radius 1 is 1.03 bits per heavy atom. The number of alkyl halides is 3. The van der Waals surface area contributed by atoms with Crippen LogP contribution < -0.4 is 4.74 Å². The zero-order valence-corrected chi connectivity index (χ0v) is 21.4. The van der Waals surface area contributed by atoms with Gasteiger partial charge >= 0.3 is 12.1 Å². The van der Waals surface area contributed by atoms with E-state index >= 15 is 0 Å². The Kier molecular flexibility index (Phi) is 8.29. The maximum atomic E-state index is 13.8. The summed E-state index contributed by atoms with van der Waals surface area (Å²) in [4.78, 5) is 22.5. The lowest BCUT2D eigenvalue weighted by atomic mass is 9.95. The quantitative estimate of drug-likeness (QED) is 0.126. The first-order chi connectivity index (χ1) is 18.2. The Morgan fingerprint density at radius 3 is 2.45 bits per heavy atom. The molecule has 194 valence electrons. The molecule has 0 aliphatic carbocycles. The average molecular weight is 558 g/mol. The summed E-state index contributed by atoms with van der Waals surface area (Å²) >= 11 is 6.29. The number of ether oxygens (including phenoxy) is 2. The monoisotopic (exact) mass is 557 g/mol. The third kappa shape index (κ3) is 6.12. The molecule has 0 unspecified atom stereocenters. The lowest BCUT2D eigenvalue weighted by Gasteiger charge is -2.14. The predicted octanol–water partition coefficient (Wildman–Crippen LogP) is 7.73. The van der Waals surface area contributed by atoms with Crippen molar-refractivity contribution in [1.82, 2.24) is 4.37 Å². The summed E-state index contributed by atoms with van der Waals surface area (Å²) in [6, 6.07) is 18.0. The van der Waals surface area contributed by atoms with Crippen LogP contribution in [-0.4, -0.2) is 23.7 Å². The number of aromatic nitrogens is 1. The first-order valence-corrected chi connectivity index (χ1v) is 12.3. The van der Waals surface area contributed by atoms with Gasteiger partial charge in [0.1, 0.15) is 17.2 Å². The van der Waals surface area contributed by atoms with Gasteiger partial charge in [-0.15, -0.1) is 0 Å². The number of methoxy groups -OCH3 is 1. The van der Waals surface area contributed by atoms with Gasteiger partial charge < -0.3 is 9.47 Å². The molecule has 5 nitrogen and oxygen atoms in total. The minimum atomic E-state index is -4.61. The van der Waals surface area contributed by atoms with Crippen LogP contribution in [0.4, 0.5) is 13.2 Å². The third-order valence-corrected chi connectivity index (χ3v) is 6.74. The molecule has 3 aromatic carbocycles. The molecular weight excluding hydrogens is 539 g/mol. The van der Waals surface area contributed by atoms with E-state index in [0.29, 0.717) is 50.7 Å². The summed E-state index contributed by atoms with van der Waals surface area (Å²) in [5, 5.41) is 0.447. The number of hydrogen-bond donors (Lipinski definition) is 0. The molecular formula is C28H19ClF3NO4S. The van der Waals surface area contributed by atoms with E-state index in [1.807, 2.05) is 0 Å². The van der Waals surface area contributed by atoms with Crippen molar-refractivity contribution in [2.45, 2.75) is 12.8 Å². The van der Waals surface area contributed by atoms with Gasteiger partial charge in [0.2, 0.25) is 0 Å². The van der Waals surface area contributed by atoms with Crippen LogP contribution in [0.1, 0.15) is 26.4 Å². The van der Waals surface area contributed by atoms with Crippen molar-refractivity contribution >= 4 is 41.5 Å². The summed E-state index contributed by atoms with van der Waals surface area (Å²) in [5.41, 5.74) is 2.60. The Balaban J connectivity index is 1.73. The molecule has 0 bridgehead atoms. The predicted molar refractivity (Wildman–Crippen MR) is 140 cm³/mol. The van der Waals surface area contributed by atoms with Gasteiger partial charge in [0.25, 0.3) is 0 Å². The first kappa shape index (κ1) is 27.1. The summed E-state index contributed by atoms with van der Waals surface area (Å²) in [5.74, 6) is -0.309. The minimum absolute atomic E-state index is 0.102. The van der Waals surface area contributed by atoms with Gasteiger partial charge in [0.05, 0.1) is 12.8 Å². The molecule has 4 rings (SSSR count). The van der Waals surface area contributed by atoms with Gasteiger partial charge in [-0.1, -0.05) is 54.1 Å². The van der Waals surface area contributed by atoms with E-state index in [1.165, 1.54) is 19.3 Å². The van der Waals surface area contributed by atoms with Gasteiger partial charge in [-0.05, 0) is 58.6 Å². The van der Waals surface area contributed by atoms with Crippen molar-refractivity contribution in [2.24, 2.45) is 0 Å². The molecule has 0 atom stereocenters. The van der Waals surface area contributed by atoms with Gasteiger partial charge in [0.15, 0.2) is 6.29 Å². The molecule has 4 aromatic rings. The van der Waals surface area contributed by atoms with Crippen molar-refractivity contribution < 1.29 is 32.2 Å². The maximum absolute atomic E-state index is 13.8. The van der Waals surface area contributed by atoms with Crippen molar-refractivity contribution in [3.05, 3.63) is 99.4 Å². The van der Waals surface area contributed by atoms with Gasteiger partial charge in [0, 0.05) is 27.8 Å². The molecule has 0 aliphatic heterocycles. The van der Waals surface area contributed by atoms with E-state index in [1.54, 1.807) is 66.7 Å². The second-order valence-electron chi connectivity index (χ2n) is 7.94. The molecule has 0 radical (unpaired) electrons. The van der Waals surface area contributed by atoms with Crippen LogP contribution in [0.25, 0.3) is 28.5 Å². The number of carbonyl (C=O) groups is 2. The lowest BCUT2D eigenvalue weighted by molar-refractivity contribution is -0.135. The number of aldehydes is 1. The molecule has 0 saturated heterocycles. The van der Waals surface area contributed by atoms with Crippen LogP contribution in [0, 0.1) is 0 Å². The third-order valence-electron chi connectivity index (χ3n) is 5.55. The highest BCUT2D eigenvalue weighted by Gasteiger charge is 2.38. The summed E-state index contributed by atoms with van der Waals surface area (Å²) < 4.78 is 55.9. The van der Waals surface area contributed by atoms with Gasteiger partial charge in [-0.25, -0.2) is 4.79 Å². The van der Waals surface area contributed by atoms with E-state index in [0.717, 1.165) is 0 Å². The molecule has 1 aromatic heterocycles. The largest absolute Gasteiger partial charge is 0.489 e. The summed E-state index contributed by atoms with van der Waals surface area (Å²) in [7, 11) is 1.25.